The minimum absolute atomic E-state index is 0.147. The summed E-state index contributed by atoms with van der Waals surface area (Å²) in [6.45, 7) is 1.94. The van der Waals surface area contributed by atoms with Gasteiger partial charge in [0.2, 0.25) is 0 Å². The molecular formula is C24H25N3O4S. The molecule has 0 fully saturated rings. The average molecular weight is 452 g/mol. The van der Waals surface area contributed by atoms with Gasteiger partial charge in [-0.25, -0.2) is 13.4 Å². The Morgan fingerprint density at radius 3 is 2.47 bits per heavy atom. The van der Waals surface area contributed by atoms with Gasteiger partial charge in [0.25, 0.3) is 10.0 Å². The van der Waals surface area contributed by atoms with E-state index in [9.17, 15) is 13.5 Å². The van der Waals surface area contributed by atoms with Gasteiger partial charge in [-0.1, -0.05) is 42.0 Å². The van der Waals surface area contributed by atoms with Crippen LogP contribution in [0.2, 0.25) is 0 Å². The van der Waals surface area contributed by atoms with E-state index in [1.807, 2.05) is 35.8 Å². The van der Waals surface area contributed by atoms with Crippen molar-refractivity contribution in [1.29, 1.82) is 0 Å². The number of para-hydroxylation sites is 4. The molecule has 0 bridgehead atoms. The molecule has 0 saturated carbocycles. The summed E-state index contributed by atoms with van der Waals surface area (Å²) in [5.41, 5.74) is 3.01. The molecule has 0 aliphatic carbocycles. The molecule has 0 spiro atoms. The molecule has 166 valence electrons. The van der Waals surface area contributed by atoms with E-state index in [1.54, 1.807) is 54.9 Å². The molecule has 7 nitrogen and oxygen atoms in total. The molecule has 0 aliphatic heterocycles. The van der Waals surface area contributed by atoms with Crippen molar-refractivity contribution in [2.75, 3.05) is 18.0 Å². The molecule has 1 atom stereocenters. The maximum atomic E-state index is 13.6. The van der Waals surface area contributed by atoms with Crippen molar-refractivity contribution >= 4 is 26.7 Å². The highest BCUT2D eigenvalue weighted by atomic mass is 32.2. The number of aliphatic hydroxyl groups is 1. The fraction of sp³-hybridized carbons (Fsp3) is 0.208. The zero-order valence-corrected chi connectivity index (χ0v) is 18.7. The summed E-state index contributed by atoms with van der Waals surface area (Å²) in [5.74, 6) is 0.406. The summed E-state index contributed by atoms with van der Waals surface area (Å²) in [4.78, 5) is 4.49. The third-order valence-electron chi connectivity index (χ3n) is 5.27. The molecule has 8 heteroatoms. The molecule has 0 saturated heterocycles. The van der Waals surface area contributed by atoms with Crippen molar-refractivity contribution in [3.63, 3.8) is 0 Å². The minimum Gasteiger partial charge on any atom is -0.495 e. The fourth-order valence-corrected chi connectivity index (χ4v) is 5.14. The first kappa shape index (κ1) is 21.9. The van der Waals surface area contributed by atoms with Gasteiger partial charge in [0.15, 0.2) is 0 Å². The Morgan fingerprint density at radius 2 is 1.72 bits per heavy atom. The third-order valence-corrected chi connectivity index (χ3v) is 7.07. The standard InChI is InChI=1S/C24H25N3O4S/c1-18-11-13-20(14-12-18)32(29,30)27(23-9-5-6-10-24(23)31-2)16-19(28)15-26-17-25-21-7-3-4-8-22(21)26/h3-14,17,19,28H,15-16H2,1-2H3. The Labute approximate surface area is 187 Å². The first-order valence-electron chi connectivity index (χ1n) is 10.2. The summed E-state index contributed by atoms with van der Waals surface area (Å²) in [6, 6.07) is 21.1. The smallest absolute Gasteiger partial charge is 0.264 e. The summed E-state index contributed by atoms with van der Waals surface area (Å²) >= 11 is 0. The number of hydrogen-bond donors (Lipinski definition) is 1. The fourth-order valence-electron chi connectivity index (χ4n) is 3.63. The number of anilines is 1. The zero-order valence-electron chi connectivity index (χ0n) is 17.9. The highest BCUT2D eigenvalue weighted by Crippen LogP contribution is 2.32. The van der Waals surface area contributed by atoms with Crippen LogP contribution >= 0.6 is 0 Å². The van der Waals surface area contributed by atoms with Gasteiger partial charge in [-0.2, -0.15) is 0 Å². The lowest BCUT2D eigenvalue weighted by molar-refractivity contribution is 0.164. The second-order valence-electron chi connectivity index (χ2n) is 7.56. The lowest BCUT2D eigenvalue weighted by Crippen LogP contribution is -2.39. The van der Waals surface area contributed by atoms with E-state index in [4.69, 9.17) is 4.74 Å². The average Bonchev–Trinajstić information content (AvgIpc) is 3.20. The second kappa shape index (κ2) is 9.02. The van der Waals surface area contributed by atoms with Gasteiger partial charge in [0, 0.05) is 0 Å². The number of ether oxygens (including phenoxy) is 1. The van der Waals surface area contributed by atoms with Crippen LogP contribution in [0.1, 0.15) is 5.56 Å². The zero-order chi connectivity index (χ0) is 22.7. The first-order valence-corrected chi connectivity index (χ1v) is 11.6. The number of benzene rings is 3. The van der Waals surface area contributed by atoms with Gasteiger partial charge in [-0.05, 0) is 43.3 Å². The highest BCUT2D eigenvalue weighted by molar-refractivity contribution is 7.92. The highest BCUT2D eigenvalue weighted by Gasteiger charge is 2.29. The van der Waals surface area contributed by atoms with E-state index in [0.717, 1.165) is 16.6 Å². The molecule has 1 heterocycles. The Kier molecular flexibility index (Phi) is 6.16. The van der Waals surface area contributed by atoms with E-state index in [0.29, 0.717) is 11.4 Å². The summed E-state index contributed by atoms with van der Waals surface area (Å²) < 4.78 is 35.7. The number of fused-ring (bicyclic) bond motifs is 1. The van der Waals surface area contributed by atoms with Crippen molar-refractivity contribution in [3.05, 3.63) is 84.7 Å². The molecule has 4 rings (SSSR count). The predicted molar refractivity (Wildman–Crippen MR) is 124 cm³/mol. The Balaban J connectivity index is 1.70. The number of nitrogens with zero attached hydrogens (tertiary/aromatic N) is 3. The van der Waals surface area contributed by atoms with Crippen LogP contribution < -0.4 is 9.04 Å². The molecule has 3 aromatic carbocycles. The normalized spacial score (nSPS) is 12.6. The first-order chi connectivity index (χ1) is 15.4. The van der Waals surface area contributed by atoms with Crippen molar-refractivity contribution in [2.45, 2.75) is 24.5 Å². The van der Waals surface area contributed by atoms with Gasteiger partial charge < -0.3 is 14.4 Å². The van der Waals surface area contributed by atoms with E-state index < -0.39 is 16.1 Å². The van der Waals surface area contributed by atoms with Gasteiger partial charge >= 0.3 is 0 Å². The number of aliphatic hydroxyl groups excluding tert-OH is 1. The second-order valence-corrected chi connectivity index (χ2v) is 9.42. The van der Waals surface area contributed by atoms with Crippen LogP contribution in [0.5, 0.6) is 5.75 Å². The molecule has 0 aliphatic rings. The van der Waals surface area contributed by atoms with E-state index in [-0.39, 0.29) is 18.0 Å². The quantitative estimate of drug-likeness (QED) is 0.442. The maximum Gasteiger partial charge on any atom is 0.264 e. The largest absolute Gasteiger partial charge is 0.495 e. The van der Waals surface area contributed by atoms with Gasteiger partial charge in [-0.15, -0.1) is 0 Å². The van der Waals surface area contributed by atoms with Crippen LogP contribution in [0.25, 0.3) is 11.0 Å². The lowest BCUT2D eigenvalue weighted by atomic mass is 10.2. The number of hydrogen-bond acceptors (Lipinski definition) is 5. The topological polar surface area (TPSA) is 84.7 Å². The van der Waals surface area contributed by atoms with Gasteiger partial charge in [0.1, 0.15) is 5.75 Å². The van der Waals surface area contributed by atoms with Crippen LogP contribution in [0.3, 0.4) is 0 Å². The summed E-state index contributed by atoms with van der Waals surface area (Å²) in [7, 11) is -2.46. The Bertz CT molecular complexity index is 1320. The Hall–Kier alpha value is -3.36. The summed E-state index contributed by atoms with van der Waals surface area (Å²) in [6.07, 6.45) is 0.660. The monoisotopic (exact) mass is 451 g/mol. The molecule has 32 heavy (non-hydrogen) atoms. The van der Waals surface area contributed by atoms with Gasteiger partial charge in [-0.3, -0.25) is 4.31 Å². The third kappa shape index (κ3) is 4.32. The van der Waals surface area contributed by atoms with Crippen LogP contribution in [0.15, 0.2) is 84.0 Å². The number of sulfonamides is 1. The number of imidazole rings is 1. The van der Waals surface area contributed by atoms with Crippen LogP contribution in [0.4, 0.5) is 5.69 Å². The van der Waals surface area contributed by atoms with Crippen LogP contribution in [-0.2, 0) is 16.6 Å². The number of aromatic nitrogens is 2. The molecule has 0 amide bonds. The number of aryl methyl sites for hydroxylation is 1. The van der Waals surface area contributed by atoms with Crippen LogP contribution in [-0.4, -0.2) is 42.8 Å². The molecule has 1 N–H and O–H groups in total. The van der Waals surface area contributed by atoms with Crippen molar-refractivity contribution in [1.82, 2.24) is 9.55 Å². The molecule has 1 aromatic heterocycles. The van der Waals surface area contributed by atoms with Crippen LogP contribution in [0, 0.1) is 6.92 Å². The predicted octanol–water partition coefficient (Wildman–Crippen LogP) is 3.61. The van der Waals surface area contributed by atoms with E-state index in [1.165, 1.54) is 11.4 Å². The molecule has 1 unspecified atom stereocenters. The van der Waals surface area contributed by atoms with Crippen molar-refractivity contribution in [3.8, 4) is 5.75 Å². The number of methoxy groups -OCH3 is 1. The molecule has 0 radical (unpaired) electrons. The molecular weight excluding hydrogens is 426 g/mol. The van der Waals surface area contributed by atoms with Gasteiger partial charge in [0.05, 0.1) is 54.2 Å². The van der Waals surface area contributed by atoms with Crippen molar-refractivity contribution in [2.24, 2.45) is 0 Å². The summed E-state index contributed by atoms with van der Waals surface area (Å²) in [5, 5.41) is 10.9. The van der Waals surface area contributed by atoms with E-state index >= 15 is 0 Å². The number of rotatable bonds is 8. The Morgan fingerprint density at radius 1 is 1.03 bits per heavy atom. The molecule has 4 aromatic rings. The SMILES string of the molecule is COc1ccccc1N(CC(O)Cn1cnc2ccccc21)S(=O)(=O)c1ccc(C)cc1. The van der Waals surface area contributed by atoms with E-state index in [2.05, 4.69) is 4.98 Å². The van der Waals surface area contributed by atoms with Crippen molar-refractivity contribution < 1.29 is 18.3 Å². The minimum atomic E-state index is -3.95. The maximum absolute atomic E-state index is 13.6. The lowest BCUT2D eigenvalue weighted by Gasteiger charge is -2.28.